The molecule has 4 rings (SSSR count). The van der Waals surface area contributed by atoms with Gasteiger partial charge in [0.1, 0.15) is 16.3 Å². The molecule has 9 heteroatoms. The normalized spacial score (nSPS) is 16.5. The van der Waals surface area contributed by atoms with Gasteiger partial charge in [-0.1, -0.05) is 11.6 Å². The van der Waals surface area contributed by atoms with Crippen molar-refractivity contribution in [2.75, 3.05) is 4.90 Å². The molecule has 1 N–H and O–H groups in total. The van der Waals surface area contributed by atoms with E-state index in [0.29, 0.717) is 15.7 Å². The van der Waals surface area contributed by atoms with E-state index in [1.807, 2.05) is 0 Å². The molecule has 0 saturated carbocycles. The highest BCUT2D eigenvalue weighted by Gasteiger charge is 2.35. The minimum absolute atomic E-state index is 0.0121. The average molecular weight is 423 g/mol. The van der Waals surface area contributed by atoms with Crippen molar-refractivity contribution in [2.45, 2.75) is 19.4 Å². The maximum absolute atomic E-state index is 14.0. The van der Waals surface area contributed by atoms with Crippen LogP contribution in [0.15, 0.2) is 30.3 Å². The SMILES string of the molecule is O=C(O)CC1Cc2cc(Cl)ccc2N(Cc2nc3c(F)ccc(F)c3s2)C1=O. The zero-order valence-corrected chi connectivity index (χ0v) is 15.9. The number of hydrogen-bond acceptors (Lipinski definition) is 4. The quantitative estimate of drug-likeness (QED) is 0.676. The molecule has 0 fully saturated rings. The lowest BCUT2D eigenvalue weighted by Gasteiger charge is -2.33. The molecule has 1 unspecified atom stereocenters. The third-order valence-corrected chi connectivity index (χ3v) is 5.90. The van der Waals surface area contributed by atoms with Crippen LogP contribution in [0.4, 0.5) is 14.5 Å². The highest BCUT2D eigenvalue weighted by molar-refractivity contribution is 7.18. The summed E-state index contributed by atoms with van der Waals surface area (Å²) in [6.07, 6.45) is -0.0506. The number of halogens is 3. The molecule has 2 aromatic carbocycles. The Labute approximate surface area is 167 Å². The van der Waals surface area contributed by atoms with E-state index in [1.165, 1.54) is 4.90 Å². The lowest BCUT2D eigenvalue weighted by molar-refractivity contribution is -0.140. The smallest absolute Gasteiger partial charge is 0.304 e. The summed E-state index contributed by atoms with van der Waals surface area (Å²) in [5, 5.41) is 9.96. The van der Waals surface area contributed by atoms with Gasteiger partial charge in [-0.25, -0.2) is 13.8 Å². The lowest BCUT2D eigenvalue weighted by atomic mass is 9.89. The monoisotopic (exact) mass is 422 g/mol. The van der Waals surface area contributed by atoms with E-state index in [0.717, 1.165) is 29.0 Å². The zero-order chi connectivity index (χ0) is 20.0. The Morgan fingerprint density at radius 3 is 2.75 bits per heavy atom. The second-order valence-electron chi connectivity index (χ2n) is 6.51. The van der Waals surface area contributed by atoms with Crippen LogP contribution < -0.4 is 4.90 Å². The second-order valence-corrected chi connectivity index (χ2v) is 8.03. The van der Waals surface area contributed by atoms with Crippen molar-refractivity contribution in [3.05, 3.63) is 57.6 Å². The molecule has 1 atom stereocenters. The van der Waals surface area contributed by atoms with E-state index in [4.69, 9.17) is 16.7 Å². The minimum atomic E-state index is -1.08. The third kappa shape index (κ3) is 3.33. The van der Waals surface area contributed by atoms with Gasteiger partial charge in [0.2, 0.25) is 5.91 Å². The fourth-order valence-electron chi connectivity index (χ4n) is 3.40. The third-order valence-electron chi connectivity index (χ3n) is 4.62. The molecule has 5 nitrogen and oxygen atoms in total. The summed E-state index contributed by atoms with van der Waals surface area (Å²) >= 11 is 7.01. The molecule has 144 valence electrons. The highest BCUT2D eigenvalue weighted by Crippen LogP contribution is 2.36. The number of aliphatic carboxylic acids is 1. The molecular weight excluding hydrogens is 410 g/mol. The van der Waals surface area contributed by atoms with Gasteiger partial charge in [0.25, 0.3) is 0 Å². The number of carbonyl (C=O) groups is 2. The summed E-state index contributed by atoms with van der Waals surface area (Å²) in [7, 11) is 0. The predicted molar refractivity (Wildman–Crippen MR) is 102 cm³/mol. The number of benzene rings is 2. The van der Waals surface area contributed by atoms with Crippen LogP contribution in [0.25, 0.3) is 10.2 Å². The van der Waals surface area contributed by atoms with Crippen molar-refractivity contribution in [1.82, 2.24) is 4.98 Å². The largest absolute Gasteiger partial charge is 0.481 e. The number of anilines is 1. The number of carboxylic acid groups (broad SMARTS) is 1. The van der Waals surface area contributed by atoms with Crippen molar-refractivity contribution >= 4 is 50.7 Å². The molecule has 1 aromatic heterocycles. The van der Waals surface area contributed by atoms with Crippen LogP contribution >= 0.6 is 22.9 Å². The lowest BCUT2D eigenvalue weighted by Crippen LogP contribution is -2.41. The van der Waals surface area contributed by atoms with Crippen LogP contribution in [0, 0.1) is 17.6 Å². The van der Waals surface area contributed by atoms with Crippen LogP contribution in [0.5, 0.6) is 0 Å². The summed E-state index contributed by atoms with van der Waals surface area (Å²) in [5.41, 5.74) is 1.26. The number of aromatic nitrogens is 1. The van der Waals surface area contributed by atoms with E-state index >= 15 is 0 Å². The number of hydrogen-bond donors (Lipinski definition) is 1. The van der Waals surface area contributed by atoms with Crippen LogP contribution in [-0.4, -0.2) is 22.0 Å². The van der Waals surface area contributed by atoms with Crippen LogP contribution in [-0.2, 0) is 22.6 Å². The Kier molecular flexibility index (Phi) is 4.76. The van der Waals surface area contributed by atoms with Crippen molar-refractivity contribution < 1.29 is 23.5 Å². The van der Waals surface area contributed by atoms with Gasteiger partial charge < -0.3 is 10.0 Å². The number of nitrogens with zero attached hydrogens (tertiary/aromatic N) is 2. The number of carbonyl (C=O) groups excluding carboxylic acids is 1. The number of carboxylic acids is 1. The Morgan fingerprint density at radius 2 is 2.04 bits per heavy atom. The van der Waals surface area contributed by atoms with E-state index in [1.54, 1.807) is 18.2 Å². The molecule has 1 aliphatic heterocycles. The Bertz CT molecular complexity index is 1080. The van der Waals surface area contributed by atoms with Crippen molar-refractivity contribution in [1.29, 1.82) is 0 Å². The van der Waals surface area contributed by atoms with E-state index < -0.39 is 23.5 Å². The Balaban J connectivity index is 1.75. The molecule has 0 aliphatic carbocycles. The summed E-state index contributed by atoms with van der Waals surface area (Å²) < 4.78 is 28.0. The van der Waals surface area contributed by atoms with Gasteiger partial charge in [-0.05, 0) is 42.3 Å². The van der Waals surface area contributed by atoms with E-state index in [9.17, 15) is 18.4 Å². The molecule has 0 radical (unpaired) electrons. The van der Waals surface area contributed by atoms with Gasteiger partial charge in [-0.3, -0.25) is 9.59 Å². The first kappa shape index (κ1) is 18.8. The molecule has 0 saturated heterocycles. The number of fused-ring (bicyclic) bond motifs is 2. The molecular formula is C19H13ClF2N2O3S. The predicted octanol–water partition coefficient (Wildman–Crippen LogP) is 4.41. The number of rotatable bonds is 4. The van der Waals surface area contributed by atoms with E-state index in [-0.39, 0.29) is 35.5 Å². The van der Waals surface area contributed by atoms with Gasteiger partial charge in [-0.15, -0.1) is 11.3 Å². The van der Waals surface area contributed by atoms with Crippen molar-refractivity contribution in [2.24, 2.45) is 5.92 Å². The molecule has 0 bridgehead atoms. The van der Waals surface area contributed by atoms with Crippen LogP contribution in [0.1, 0.15) is 17.0 Å². The molecule has 2 heterocycles. The van der Waals surface area contributed by atoms with Gasteiger partial charge in [0.15, 0.2) is 5.82 Å². The topological polar surface area (TPSA) is 70.5 Å². The van der Waals surface area contributed by atoms with Gasteiger partial charge >= 0.3 is 5.97 Å². The fourth-order valence-corrected chi connectivity index (χ4v) is 4.56. The maximum Gasteiger partial charge on any atom is 0.304 e. The molecule has 28 heavy (non-hydrogen) atoms. The van der Waals surface area contributed by atoms with E-state index in [2.05, 4.69) is 4.98 Å². The van der Waals surface area contributed by atoms with Gasteiger partial charge in [0.05, 0.1) is 23.6 Å². The molecule has 1 amide bonds. The Morgan fingerprint density at radius 1 is 1.29 bits per heavy atom. The van der Waals surface area contributed by atoms with Gasteiger partial charge in [-0.2, -0.15) is 0 Å². The van der Waals surface area contributed by atoms with Crippen molar-refractivity contribution in [3.63, 3.8) is 0 Å². The highest BCUT2D eigenvalue weighted by atomic mass is 35.5. The fraction of sp³-hybridized carbons (Fsp3) is 0.211. The van der Waals surface area contributed by atoms with Gasteiger partial charge in [0, 0.05) is 10.7 Å². The average Bonchev–Trinajstić information content (AvgIpc) is 3.06. The first-order valence-electron chi connectivity index (χ1n) is 8.38. The first-order chi connectivity index (χ1) is 13.3. The van der Waals surface area contributed by atoms with Crippen LogP contribution in [0.3, 0.4) is 0 Å². The minimum Gasteiger partial charge on any atom is -0.481 e. The van der Waals surface area contributed by atoms with Crippen LogP contribution in [0.2, 0.25) is 5.02 Å². The summed E-state index contributed by atoms with van der Waals surface area (Å²) in [6.45, 7) is -0.0121. The summed E-state index contributed by atoms with van der Waals surface area (Å²) in [6, 6.07) is 7.05. The Hall–Kier alpha value is -2.58. The molecule has 0 spiro atoms. The first-order valence-corrected chi connectivity index (χ1v) is 9.58. The summed E-state index contributed by atoms with van der Waals surface area (Å²) in [5.74, 6) is -3.41. The number of amides is 1. The van der Waals surface area contributed by atoms with Crippen molar-refractivity contribution in [3.8, 4) is 0 Å². The molecule has 1 aliphatic rings. The summed E-state index contributed by atoms with van der Waals surface area (Å²) in [4.78, 5) is 29.6. The second kappa shape index (κ2) is 7.10. The zero-order valence-electron chi connectivity index (χ0n) is 14.3. The number of thiazole rings is 1. The maximum atomic E-state index is 14.0. The molecule has 3 aromatic rings. The standard InChI is InChI=1S/C19H13ClF2N2O3S/c20-11-1-4-14-9(6-11)5-10(7-16(25)26)19(27)24(14)8-15-23-17-12(21)2-3-13(22)18(17)28-15/h1-4,6,10H,5,7-8H2,(H,25,26).